The number of nitrogens with one attached hydrogen (secondary N) is 1. The Hall–Kier alpha value is -2.61. The Labute approximate surface area is 168 Å². The molecule has 1 aliphatic heterocycles. The number of nitrogens with zero attached hydrogens (tertiary/aromatic N) is 1. The number of halogens is 3. The van der Waals surface area contributed by atoms with Gasteiger partial charge < -0.3 is 14.8 Å². The maximum Gasteiger partial charge on any atom is 0.433 e. The van der Waals surface area contributed by atoms with Gasteiger partial charge in [-0.2, -0.15) is 13.2 Å². The summed E-state index contributed by atoms with van der Waals surface area (Å²) in [5, 5.41) is 2.36. The summed E-state index contributed by atoms with van der Waals surface area (Å²) >= 11 is 0. The number of alkyl carbamates (subject to hydrolysis) is 1. The topological polar surface area (TPSA) is 60.5 Å². The zero-order chi connectivity index (χ0) is 21.7. The number of hydrogen-bond acceptors (Lipinski definition) is 4. The highest BCUT2D eigenvalue weighted by atomic mass is 19.4. The molecule has 1 aromatic heterocycles. The van der Waals surface area contributed by atoms with E-state index in [0.29, 0.717) is 18.8 Å². The van der Waals surface area contributed by atoms with Crippen LogP contribution in [0.25, 0.3) is 11.1 Å². The van der Waals surface area contributed by atoms with Gasteiger partial charge in [-0.05, 0) is 61.6 Å². The highest BCUT2D eigenvalue weighted by Crippen LogP contribution is 2.33. The van der Waals surface area contributed by atoms with Gasteiger partial charge in [0.25, 0.3) is 0 Å². The Morgan fingerprint density at radius 1 is 1.21 bits per heavy atom. The summed E-state index contributed by atoms with van der Waals surface area (Å²) in [6.45, 7) is 6.56. The Balaban J connectivity index is 0.000000284. The van der Waals surface area contributed by atoms with Gasteiger partial charge in [-0.15, -0.1) is 0 Å². The summed E-state index contributed by atoms with van der Waals surface area (Å²) in [6, 6.07) is 8.37. The van der Waals surface area contributed by atoms with Crippen LogP contribution >= 0.6 is 0 Å². The Bertz CT molecular complexity index is 846. The third kappa shape index (κ3) is 6.74. The van der Waals surface area contributed by atoms with Crippen LogP contribution in [-0.4, -0.2) is 30.3 Å². The van der Waals surface area contributed by atoms with E-state index in [9.17, 15) is 18.0 Å². The number of fused-ring (bicyclic) bond motifs is 1. The molecule has 3 rings (SSSR count). The van der Waals surface area contributed by atoms with Crippen molar-refractivity contribution >= 4 is 6.09 Å². The lowest BCUT2D eigenvalue weighted by Crippen LogP contribution is -2.30. The van der Waals surface area contributed by atoms with E-state index in [-0.39, 0.29) is 11.7 Å². The molecule has 0 spiro atoms. The molecule has 1 aromatic carbocycles. The first-order valence-corrected chi connectivity index (χ1v) is 9.14. The van der Waals surface area contributed by atoms with Crippen LogP contribution in [0, 0.1) is 0 Å². The molecule has 8 heteroatoms. The molecule has 0 bridgehead atoms. The number of rotatable bonds is 1. The fourth-order valence-electron chi connectivity index (χ4n) is 2.75. The van der Waals surface area contributed by atoms with E-state index >= 15 is 0 Å². The maximum absolute atomic E-state index is 12.7. The molecule has 0 aliphatic carbocycles. The van der Waals surface area contributed by atoms with Gasteiger partial charge in [0.15, 0.2) is 0 Å². The molecule has 2 aromatic rings. The molecular formula is C21H25F3N2O3. The van der Waals surface area contributed by atoms with Crippen molar-refractivity contribution in [3.05, 3.63) is 53.3 Å². The number of amides is 1. The molecule has 0 saturated heterocycles. The number of benzene rings is 1. The van der Waals surface area contributed by atoms with E-state index in [1.165, 1.54) is 13.2 Å². The maximum atomic E-state index is 12.7. The number of aromatic nitrogens is 1. The Kier molecular flexibility index (Phi) is 7.24. The fraction of sp³-hybridized carbons (Fsp3) is 0.429. The van der Waals surface area contributed by atoms with Gasteiger partial charge in [0.2, 0.25) is 0 Å². The van der Waals surface area contributed by atoms with E-state index in [1.54, 1.807) is 6.07 Å². The number of ether oxygens (including phenoxy) is 2. The van der Waals surface area contributed by atoms with Gasteiger partial charge in [-0.3, -0.25) is 4.98 Å². The van der Waals surface area contributed by atoms with Crippen molar-refractivity contribution in [2.75, 3.05) is 13.7 Å². The van der Waals surface area contributed by atoms with Crippen LogP contribution in [0.5, 0.6) is 0 Å². The zero-order valence-electron chi connectivity index (χ0n) is 16.9. The standard InChI is InChI=1S/C15H12F3NO.C6H13NO2/c16-15(17,18)14-8-11(4-6-19-14)12-3-1-2-10-5-7-20-9-13(10)12;1-6(2,3)9-5(8)7-4/h1-4,6,8H,5,7,9H2;1-4H3,(H,7,8). The number of pyridine rings is 1. The molecule has 1 amide bonds. The SMILES string of the molecule is CNC(=O)OC(C)(C)C.FC(F)(F)c1cc(-c2cccc3c2COCC3)ccn1. The molecule has 5 nitrogen and oxygen atoms in total. The minimum Gasteiger partial charge on any atom is -0.444 e. The predicted octanol–water partition coefficient (Wildman–Crippen LogP) is 4.98. The molecule has 158 valence electrons. The lowest BCUT2D eigenvalue weighted by Gasteiger charge is -2.20. The number of carbonyl (C=O) groups excluding carboxylic acids is 1. The quantitative estimate of drug-likeness (QED) is 0.720. The van der Waals surface area contributed by atoms with Crippen molar-refractivity contribution in [2.45, 2.75) is 45.6 Å². The number of alkyl halides is 3. The normalized spacial score (nSPS) is 13.6. The van der Waals surface area contributed by atoms with Gasteiger partial charge in [-0.25, -0.2) is 4.79 Å². The Morgan fingerprint density at radius 3 is 2.52 bits per heavy atom. The zero-order valence-corrected chi connectivity index (χ0v) is 16.9. The molecule has 0 fully saturated rings. The molecular weight excluding hydrogens is 385 g/mol. The largest absolute Gasteiger partial charge is 0.444 e. The van der Waals surface area contributed by atoms with Crippen LogP contribution < -0.4 is 5.32 Å². The number of hydrogen-bond donors (Lipinski definition) is 1. The van der Waals surface area contributed by atoms with Gasteiger partial charge in [-0.1, -0.05) is 18.2 Å². The third-order valence-electron chi connectivity index (χ3n) is 4.00. The van der Waals surface area contributed by atoms with Crippen molar-refractivity contribution in [1.82, 2.24) is 10.3 Å². The highest BCUT2D eigenvalue weighted by Gasteiger charge is 2.32. The fourth-order valence-corrected chi connectivity index (χ4v) is 2.75. The van der Waals surface area contributed by atoms with E-state index in [2.05, 4.69) is 10.3 Å². The molecule has 1 N–H and O–H groups in total. The lowest BCUT2D eigenvalue weighted by atomic mass is 9.93. The molecule has 1 aliphatic rings. The van der Waals surface area contributed by atoms with Crippen molar-refractivity contribution in [3.8, 4) is 11.1 Å². The minimum atomic E-state index is -4.43. The van der Waals surface area contributed by atoms with Gasteiger partial charge >= 0.3 is 12.3 Å². The highest BCUT2D eigenvalue weighted by molar-refractivity contribution is 5.69. The predicted molar refractivity (Wildman–Crippen MR) is 103 cm³/mol. The van der Waals surface area contributed by atoms with Gasteiger partial charge in [0.1, 0.15) is 11.3 Å². The van der Waals surface area contributed by atoms with Crippen molar-refractivity contribution in [2.24, 2.45) is 0 Å². The second kappa shape index (κ2) is 9.26. The minimum absolute atomic E-state index is 0.387. The third-order valence-corrected chi connectivity index (χ3v) is 4.00. The van der Waals surface area contributed by atoms with Gasteiger partial charge in [0, 0.05) is 13.2 Å². The second-order valence-electron chi connectivity index (χ2n) is 7.43. The van der Waals surface area contributed by atoms with E-state index in [1.807, 2.05) is 39.0 Å². The van der Waals surface area contributed by atoms with Crippen LogP contribution in [0.2, 0.25) is 0 Å². The smallest absolute Gasteiger partial charge is 0.433 e. The van der Waals surface area contributed by atoms with E-state index in [0.717, 1.165) is 29.2 Å². The number of carbonyl (C=O) groups is 1. The molecule has 29 heavy (non-hydrogen) atoms. The molecule has 0 unspecified atom stereocenters. The first-order chi connectivity index (χ1) is 13.5. The summed E-state index contributed by atoms with van der Waals surface area (Å²) in [5.74, 6) is 0. The van der Waals surface area contributed by atoms with Crippen LogP contribution in [-0.2, 0) is 28.7 Å². The Morgan fingerprint density at radius 2 is 1.93 bits per heavy atom. The second-order valence-corrected chi connectivity index (χ2v) is 7.43. The first-order valence-electron chi connectivity index (χ1n) is 9.14. The van der Waals surface area contributed by atoms with Gasteiger partial charge in [0.05, 0.1) is 13.2 Å². The van der Waals surface area contributed by atoms with E-state index < -0.39 is 11.9 Å². The molecule has 0 atom stereocenters. The summed E-state index contributed by atoms with van der Waals surface area (Å²) in [7, 11) is 1.54. The summed E-state index contributed by atoms with van der Waals surface area (Å²) < 4.78 is 48.5. The van der Waals surface area contributed by atoms with Crippen LogP contribution in [0.15, 0.2) is 36.5 Å². The van der Waals surface area contributed by atoms with E-state index in [4.69, 9.17) is 9.47 Å². The van der Waals surface area contributed by atoms with Crippen molar-refractivity contribution < 1.29 is 27.4 Å². The van der Waals surface area contributed by atoms with Crippen LogP contribution in [0.4, 0.5) is 18.0 Å². The average Bonchev–Trinajstić information content (AvgIpc) is 2.66. The van der Waals surface area contributed by atoms with Crippen LogP contribution in [0.1, 0.15) is 37.6 Å². The lowest BCUT2D eigenvalue weighted by molar-refractivity contribution is -0.141. The first kappa shape index (κ1) is 22.7. The summed E-state index contributed by atoms with van der Waals surface area (Å²) in [5.41, 5.74) is 2.16. The monoisotopic (exact) mass is 410 g/mol. The average molecular weight is 410 g/mol. The van der Waals surface area contributed by atoms with Crippen LogP contribution in [0.3, 0.4) is 0 Å². The molecule has 0 radical (unpaired) electrons. The molecule has 0 saturated carbocycles. The summed E-state index contributed by atoms with van der Waals surface area (Å²) in [6.07, 6.45) is -2.83. The van der Waals surface area contributed by atoms with Crippen molar-refractivity contribution in [1.29, 1.82) is 0 Å². The van der Waals surface area contributed by atoms with Crippen molar-refractivity contribution in [3.63, 3.8) is 0 Å². The summed E-state index contributed by atoms with van der Waals surface area (Å²) in [4.78, 5) is 13.9. The molecule has 2 heterocycles.